The van der Waals surface area contributed by atoms with Crippen LogP contribution in [-0.4, -0.2) is 25.2 Å². The molecule has 0 saturated heterocycles. The summed E-state index contributed by atoms with van der Waals surface area (Å²) in [5, 5.41) is 8.88. The van der Waals surface area contributed by atoms with E-state index in [1.807, 2.05) is 36.4 Å². The Kier molecular flexibility index (Phi) is 6.52. The fourth-order valence-corrected chi connectivity index (χ4v) is 3.73. The normalized spacial score (nSPS) is 12.7. The lowest BCUT2D eigenvalue weighted by Gasteiger charge is -2.18. The first kappa shape index (κ1) is 18.2. The van der Waals surface area contributed by atoms with Crippen molar-refractivity contribution >= 4 is 16.0 Å². The van der Waals surface area contributed by atoms with E-state index in [9.17, 15) is 13.2 Å². The highest BCUT2D eigenvalue weighted by Crippen LogP contribution is 2.19. The van der Waals surface area contributed by atoms with Gasteiger partial charge in [0.05, 0.1) is 5.75 Å². The first-order valence-corrected chi connectivity index (χ1v) is 9.42. The van der Waals surface area contributed by atoms with Gasteiger partial charge in [-0.3, -0.25) is 4.79 Å². The summed E-state index contributed by atoms with van der Waals surface area (Å²) in [4.78, 5) is 10.8. The van der Waals surface area contributed by atoms with Gasteiger partial charge < -0.3 is 5.11 Å². The molecule has 0 aliphatic rings. The largest absolute Gasteiger partial charge is 0.481 e. The molecular formula is C18H21NO4S. The predicted molar refractivity (Wildman–Crippen MR) is 93.1 cm³/mol. The molecule has 0 fully saturated rings. The maximum absolute atomic E-state index is 12.4. The number of aryl methyl sites for hydroxylation is 1. The van der Waals surface area contributed by atoms with Crippen LogP contribution in [0, 0.1) is 0 Å². The smallest absolute Gasteiger partial charge is 0.303 e. The Morgan fingerprint density at radius 3 is 2.17 bits per heavy atom. The Balaban J connectivity index is 2.05. The summed E-state index contributed by atoms with van der Waals surface area (Å²) in [6, 6.07) is 17.9. The fraction of sp³-hybridized carbons (Fsp3) is 0.278. The maximum atomic E-state index is 12.4. The minimum Gasteiger partial charge on any atom is -0.481 e. The first-order chi connectivity index (χ1) is 11.5. The van der Waals surface area contributed by atoms with Gasteiger partial charge in [-0.25, -0.2) is 13.1 Å². The van der Waals surface area contributed by atoms with Crippen molar-refractivity contribution in [1.29, 1.82) is 0 Å². The SMILES string of the molecule is O=C(O)CC[C@@H](NS(=O)(=O)CCc1ccccc1)c1ccccc1. The molecule has 0 unspecified atom stereocenters. The summed E-state index contributed by atoms with van der Waals surface area (Å²) in [7, 11) is -3.52. The summed E-state index contributed by atoms with van der Waals surface area (Å²) in [6.07, 6.45) is 0.529. The van der Waals surface area contributed by atoms with Crippen LogP contribution in [0.3, 0.4) is 0 Å². The number of rotatable bonds is 9. The van der Waals surface area contributed by atoms with Crippen LogP contribution in [0.2, 0.25) is 0 Å². The Hall–Kier alpha value is -2.18. The van der Waals surface area contributed by atoms with E-state index >= 15 is 0 Å². The summed E-state index contributed by atoms with van der Waals surface area (Å²) in [6.45, 7) is 0. The van der Waals surface area contributed by atoms with Gasteiger partial charge in [0.2, 0.25) is 10.0 Å². The summed E-state index contributed by atoms with van der Waals surface area (Å²) >= 11 is 0. The molecule has 128 valence electrons. The highest BCUT2D eigenvalue weighted by molar-refractivity contribution is 7.89. The van der Waals surface area contributed by atoms with Crippen molar-refractivity contribution < 1.29 is 18.3 Å². The van der Waals surface area contributed by atoms with E-state index in [0.29, 0.717) is 6.42 Å². The number of benzene rings is 2. The van der Waals surface area contributed by atoms with Crippen molar-refractivity contribution in [3.05, 3.63) is 71.8 Å². The standard InChI is InChI=1S/C18H21NO4S/c20-18(21)12-11-17(16-9-5-2-6-10-16)19-24(22,23)14-13-15-7-3-1-4-8-15/h1-10,17,19H,11-14H2,(H,20,21)/t17-/m1/s1. The second-order valence-electron chi connectivity index (χ2n) is 5.57. The predicted octanol–water partition coefficient (Wildman–Crippen LogP) is 2.75. The molecule has 6 heteroatoms. The minimum absolute atomic E-state index is 0.0343. The van der Waals surface area contributed by atoms with Crippen LogP contribution >= 0.6 is 0 Å². The van der Waals surface area contributed by atoms with Crippen molar-refractivity contribution in [2.24, 2.45) is 0 Å². The summed E-state index contributed by atoms with van der Waals surface area (Å²) in [5.41, 5.74) is 1.71. The van der Waals surface area contributed by atoms with Gasteiger partial charge in [-0.1, -0.05) is 60.7 Å². The van der Waals surface area contributed by atoms with E-state index in [4.69, 9.17) is 5.11 Å². The number of carboxylic acids is 1. The molecule has 0 bridgehead atoms. The number of carbonyl (C=O) groups is 1. The Bertz CT molecular complexity index is 745. The van der Waals surface area contributed by atoms with Crippen molar-refractivity contribution in [1.82, 2.24) is 4.72 Å². The molecule has 2 rings (SSSR count). The van der Waals surface area contributed by atoms with Crippen molar-refractivity contribution in [3.8, 4) is 0 Å². The van der Waals surface area contributed by atoms with Gasteiger partial charge in [0, 0.05) is 12.5 Å². The molecule has 5 nitrogen and oxygen atoms in total. The van der Waals surface area contributed by atoms with E-state index in [0.717, 1.165) is 11.1 Å². The molecule has 0 amide bonds. The number of hydrogen-bond acceptors (Lipinski definition) is 3. The lowest BCUT2D eigenvalue weighted by molar-refractivity contribution is -0.137. The number of aliphatic carboxylic acids is 1. The van der Waals surface area contributed by atoms with Gasteiger partial charge in [-0.15, -0.1) is 0 Å². The maximum Gasteiger partial charge on any atom is 0.303 e. The van der Waals surface area contributed by atoms with E-state index in [2.05, 4.69) is 4.72 Å². The highest BCUT2D eigenvalue weighted by Gasteiger charge is 2.20. The van der Waals surface area contributed by atoms with Crippen LogP contribution in [0.25, 0.3) is 0 Å². The zero-order valence-corrected chi connectivity index (χ0v) is 14.1. The minimum atomic E-state index is -3.52. The second-order valence-corrected chi connectivity index (χ2v) is 7.44. The monoisotopic (exact) mass is 347 g/mol. The molecule has 0 radical (unpaired) electrons. The third-order valence-electron chi connectivity index (χ3n) is 3.67. The molecule has 0 aliphatic carbocycles. The van der Waals surface area contributed by atoms with E-state index in [1.165, 1.54) is 0 Å². The summed E-state index contributed by atoms with van der Waals surface area (Å²) < 4.78 is 27.4. The lowest BCUT2D eigenvalue weighted by Crippen LogP contribution is -2.31. The van der Waals surface area contributed by atoms with Gasteiger partial charge in [-0.05, 0) is 24.0 Å². The van der Waals surface area contributed by atoms with E-state index < -0.39 is 22.0 Å². The van der Waals surface area contributed by atoms with Crippen LogP contribution in [0.4, 0.5) is 0 Å². The first-order valence-electron chi connectivity index (χ1n) is 7.77. The Labute approximate surface area is 142 Å². The van der Waals surface area contributed by atoms with E-state index in [-0.39, 0.29) is 18.6 Å². The molecule has 0 saturated carbocycles. The van der Waals surface area contributed by atoms with Gasteiger partial charge >= 0.3 is 5.97 Å². The van der Waals surface area contributed by atoms with Gasteiger partial charge in [-0.2, -0.15) is 0 Å². The molecule has 0 heterocycles. The molecule has 2 aromatic carbocycles. The van der Waals surface area contributed by atoms with Gasteiger partial charge in [0.15, 0.2) is 0 Å². The Morgan fingerprint density at radius 2 is 1.58 bits per heavy atom. The van der Waals surface area contributed by atoms with Crippen molar-refractivity contribution in [3.63, 3.8) is 0 Å². The van der Waals surface area contributed by atoms with Gasteiger partial charge in [0.1, 0.15) is 0 Å². The molecule has 2 aromatic rings. The number of nitrogens with one attached hydrogen (secondary N) is 1. The van der Waals surface area contributed by atoms with Crippen LogP contribution < -0.4 is 4.72 Å². The Morgan fingerprint density at radius 1 is 1.00 bits per heavy atom. The van der Waals surface area contributed by atoms with Crippen LogP contribution in [-0.2, 0) is 21.2 Å². The lowest BCUT2D eigenvalue weighted by atomic mass is 10.0. The average molecular weight is 347 g/mol. The number of sulfonamides is 1. The molecule has 0 aliphatic heterocycles. The van der Waals surface area contributed by atoms with Gasteiger partial charge in [0.25, 0.3) is 0 Å². The molecule has 1 atom stereocenters. The third-order valence-corrected chi connectivity index (χ3v) is 5.06. The number of carboxylic acid groups (broad SMARTS) is 1. The third kappa shape index (κ3) is 6.14. The van der Waals surface area contributed by atoms with Crippen LogP contribution in [0.15, 0.2) is 60.7 Å². The van der Waals surface area contributed by atoms with Crippen LogP contribution in [0.5, 0.6) is 0 Å². The second kappa shape index (κ2) is 8.61. The quantitative estimate of drug-likeness (QED) is 0.730. The zero-order valence-electron chi connectivity index (χ0n) is 13.3. The van der Waals surface area contributed by atoms with E-state index in [1.54, 1.807) is 24.3 Å². The molecular weight excluding hydrogens is 326 g/mol. The highest BCUT2D eigenvalue weighted by atomic mass is 32.2. The van der Waals surface area contributed by atoms with Crippen molar-refractivity contribution in [2.75, 3.05) is 5.75 Å². The van der Waals surface area contributed by atoms with Crippen molar-refractivity contribution in [2.45, 2.75) is 25.3 Å². The summed E-state index contributed by atoms with van der Waals surface area (Å²) in [5.74, 6) is -0.979. The topological polar surface area (TPSA) is 83.5 Å². The molecule has 0 spiro atoms. The molecule has 2 N–H and O–H groups in total. The molecule has 0 aromatic heterocycles. The fourth-order valence-electron chi connectivity index (χ4n) is 2.42. The van der Waals surface area contributed by atoms with Crippen LogP contribution in [0.1, 0.15) is 30.0 Å². The zero-order chi connectivity index (χ0) is 17.4. The number of hydrogen-bond donors (Lipinski definition) is 2. The molecule has 24 heavy (non-hydrogen) atoms. The average Bonchev–Trinajstić information content (AvgIpc) is 2.58.